The quantitative estimate of drug-likeness (QED) is 0.893. The molecule has 7 heteroatoms. The molecule has 1 saturated heterocycles. The Kier molecular flexibility index (Phi) is 8.41. The monoisotopic (exact) mass is 313 g/mol. The van der Waals surface area contributed by atoms with E-state index in [2.05, 4.69) is 4.74 Å². The third-order valence-electron chi connectivity index (χ3n) is 2.36. The van der Waals surface area contributed by atoms with E-state index in [1.807, 2.05) is 18.7 Å². The first-order chi connectivity index (χ1) is 9.46. The zero-order valence-electron chi connectivity index (χ0n) is 11.7. The van der Waals surface area contributed by atoms with Gasteiger partial charge in [-0.15, -0.1) is 13.2 Å². The summed E-state index contributed by atoms with van der Waals surface area (Å²) in [5, 5.41) is 6.97. The van der Waals surface area contributed by atoms with Gasteiger partial charge < -0.3 is 14.7 Å². The molecule has 0 saturated carbocycles. The van der Waals surface area contributed by atoms with Crippen molar-refractivity contribution in [3.8, 4) is 5.75 Å². The molecule has 20 heavy (non-hydrogen) atoms. The maximum absolute atomic E-state index is 12.0. The number of rotatable bonds is 2. The fourth-order valence-electron chi connectivity index (χ4n) is 1.47. The van der Waals surface area contributed by atoms with Crippen LogP contribution in [-0.2, 0) is 0 Å². The molecule has 0 atom stereocenters. The average Bonchev–Trinajstić information content (AvgIpc) is 2.34. The Labute approximate surface area is 121 Å². The van der Waals surface area contributed by atoms with E-state index < -0.39 is 6.36 Å². The van der Waals surface area contributed by atoms with E-state index >= 15 is 0 Å². The van der Waals surface area contributed by atoms with Crippen molar-refractivity contribution in [1.82, 2.24) is 0 Å². The third-order valence-corrected chi connectivity index (χ3v) is 2.66. The molecule has 0 spiro atoms. The highest BCUT2D eigenvalue weighted by molar-refractivity contribution is 6.32. The van der Waals surface area contributed by atoms with Crippen molar-refractivity contribution in [3.63, 3.8) is 0 Å². The maximum Gasteiger partial charge on any atom is 0.573 e. The van der Waals surface area contributed by atoms with Crippen LogP contribution in [0.4, 0.5) is 18.9 Å². The summed E-state index contributed by atoms with van der Waals surface area (Å²) in [7, 11) is 1.00. The summed E-state index contributed by atoms with van der Waals surface area (Å²) in [6.07, 6.45) is -3.61. The molecular formula is C13H19ClF3NO2. The second-order valence-corrected chi connectivity index (χ2v) is 3.91. The minimum absolute atomic E-state index is 0.0262. The molecule has 0 aromatic heterocycles. The van der Waals surface area contributed by atoms with E-state index in [0.717, 1.165) is 32.3 Å². The van der Waals surface area contributed by atoms with Crippen molar-refractivity contribution in [2.75, 3.05) is 25.1 Å². The van der Waals surface area contributed by atoms with Crippen LogP contribution in [0, 0.1) is 0 Å². The first-order valence-electron chi connectivity index (χ1n) is 6.21. The lowest BCUT2D eigenvalue weighted by Gasteiger charge is -2.33. The normalized spacial score (nSPS) is 13.3. The number of aliphatic hydroxyl groups excluding tert-OH is 1. The highest BCUT2D eigenvalue weighted by Gasteiger charge is 2.32. The smallest absolute Gasteiger partial charge is 0.404 e. The van der Waals surface area contributed by atoms with Crippen molar-refractivity contribution in [1.29, 1.82) is 0 Å². The Morgan fingerprint density at radius 3 is 2.10 bits per heavy atom. The Bertz CT molecular complexity index is 396. The van der Waals surface area contributed by atoms with E-state index in [9.17, 15) is 13.2 Å². The molecule has 1 N–H and O–H groups in total. The van der Waals surface area contributed by atoms with Crippen molar-refractivity contribution in [2.45, 2.75) is 26.6 Å². The van der Waals surface area contributed by atoms with Crippen LogP contribution < -0.4 is 9.64 Å². The number of hydrogen-bond donors (Lipinski definition) is 1. The second kappa shape index (κ2) is 8.92. The van der Waals surface area contributed by atoms with E-state index in [1.54, 1.807) is 6.07 Å². The molecule has 116 valence electrons. The van der Waals surface area contributed by atoms with Gasteiger partial charge in [0.25, 0.3) is 0 Å². The molecule has 2 rings (SSSR count). The summed E-state index contributed by atoms with van der Waals surface area (Å²) in [4.78, 5) is 2.03. The fraction of sp³-hybridized carbons (Fsp3) is 0.538. The number of alkyl halides is 3. The van der Waals surface area contributed by atoms with Gasteiger partial charge in [0, 0.05) is 25.9 Å². The van der Waals surface area contributed by atoms with Crippen LogP contribution in [-0.4, -0.2) is 31.7 Å². The molecule has 1 aliphatic heterocycles. The Morgan fingerprint density at radius 1 is 1.20 bits per heavy atom. The molecule has 0 amide bonds. The van der Waals surface area contributed by atoms with Gasteiger partial charge in [0.05, 0.1) is 5.02 Å². The van der Waals surface area contributed by atoms with Crippen LogP contribution in [0.1, 0.15) is 20.3 Å². The summed E-state index contributed by atoms with van der Waals surface area (Å²) in [6.45, 7) is 5.83. The topological polar surface area (TPSA) is 32.7 Å². The molecule has 0 bridgehead atoms. The Morgan fingerprint density at radius 2 is 1.75 bits per heavy atom. The van der Waals surface area contributed by atoms with Gasteiger partial charge in [-0.3, -0.25) is 0 Å². The standard InChI is InChI=1S/C10H9ClF3NO.C2H6.CH4O/c11-8-6-7(15-4-1-5-15)2-3-9(8)16-10(12,13)14;2*1-2/h2-3,6H,1,4-5H2;1-2H3;2H,1H3. The van der Waals surface area contributed by atoms with Crippen LogP contribution in [0.5, 0.6) is 5.75 Å². The molecule has 1 aromatic rings. The lowest BCUT2D eigenvalue weighted by molar-refractivity contribution is -0.274. The highest BCUT2D eigenvalue weighted by Crippen LogP contribution is 2.34. The fourth-order valence-corrected chi connectivity index (χ4v) is 1.68. The molecule has 0 radical (unpaired) electrons. The van der Waals surface area contributed by atoms with Gasteiger partial charge in [-0.1, -0.05) is 25.4 Å². The largest absolute Gasteiger partial charge is 0.573 e. The van der Waals surface area contributed by atoms with Gasteiger partial charge in [0.2, 0.25) is 0 Å². The highest BCUT2D eigenvalue weighted by atomic mass is 35.5. The minimum Gasteiger partial charge on any atom is -0.404 e. The molecule has 0 unspecified atom stereocenters. The molecule has 0 aliphatic carbocycles. The number of nitrogens with zero attached hydrogens (tertiary/aromatic N) is 1. The SMILES string of the molecule is CC.CO.FC(F)(F)Oc1ccc(N2CCC2)cc1Cl. The minimum atomic E-state index is -4.71. The van der Waals surface area contributed by atoms with Crippen molar-refractivity contribution < 1.29 is 23.0 Å². The molecule has 3 nitrogen and oxygen atoms in total. The first kappa shape index (κ1) is 18.9. The number of ether oxygens (including phenoxy) is 1. The van der Waals surface area contributed by atoms with Gasteiger partial charge in [-0.2, -0.15) is 0 Å². The summed E-state index contributed by atoms with van der Waals surface area (Å²) < 4.78 is 39.7. The number of halogens is 4. The van der Waals surface area contributed by atoms with Crippen molar-refractivity contribution in [3.05, 3.63) is 23.2 Å². The van der Waals surface area contributed by atoms with Crippen LogP contribution in [0.3, 0.4) is 0 Å². The molecule has 1 heterocycles. The van der Waals surface area contributed by atoms with Gasteiger partial charge in [0.1, 0.15) is 5.75 Å². The van der Waals surface area contributed by atoms with Gasteiger partial charge >= 0.3 is 6.36 Å². The van der Waals surface area contributed by atoms with Crippen molar-refractivity contribution in [2.24, 2.45) is 0 Å². The maximum atomic E-state index is 12.0. The average molecular weight is 314 g/mol. The van der Waals surface area contributed by atoms with Crippen LogP contribution in [0.2, 0.25) is 5.02 Å². The lowest BCUT2D eigenvalue weighted by atomic mass is 10.2. The van der Waals surface area contributed by atoms with E-state index in [0.29, 0.717) is 0 Å². The van der Waals surface area contributed by atoms with E-state index in [4.69, 9.17) is 16.7 Å². The summed E-state index contributed by atoms with van der Waals surface area (Å²) in [5.74, 6) is -0.363. The van der Waals surface area contributed by atoms with E-state index in [1.165, 1.54) is 12.1 Å². The second-order valence-electron chi connectivity index (χ2n) is 3.50. The molecule has 1 fully saturated rings. The Hall–Kier alpha value is -1.14. The molecule has 1 aliphatic rings. The number of hydrogen-bond acceptors (Lipinski definition) is 3. The third kappa shape index (κ3) is 5.88. The van der Waals surface area contributed by atoms with Crippen LogP contribution in [0.15, 0.2) is 18.2 Å². The van der Waals surface area contributed by atoms with Crippen LogP contribution in [0.25, 0.3) is 0 Å². The zero-order chi connectivity index (χ0) is 15.8. The molecular weight excluding hydrogens is 295 g/mol. The van der Waals surface area contributed by atoms with E-state index in [-0.39, 0.29) is 10.8 Å². The summed E-state index contributed by atoms with van der Waals surface area (Å²) in [6, 6.07) is 4.30. The summed E-state index contributed by atoms with van der Waals surface area (Å²) >= 11 is 5.71. The summed E-state index contributed by atoms with van der Waals surface area (Å²) in [5.41, 5.74) is 0.825. The number of benzene rings is 1. The lowest BCUT2D eigenvalue weighted by Crippen LogP contribution is -2.36. The van der Waals surface area contributed by atoms with Gasteiger partial charge in [0.15, 0.2) is 0 Å². The molecule has 1 aromatic carbocycles. The van der Waals surface area contributed by atoms with Crippen LogP contribution >= 0.6 is 11.6 Å². The zero-order valence-corrected chi connectivity index (χ0v) is 12.4. The predicted molar refractivity (Wildman–Crippen MR) is 74.5 cm³/mol. The number of anilines is 1. The predicted octanol–water partition coefficient (Wildman–Crippen LogP) is 4.08. The van der Waals surface area contributed by atoms with Crippen molar-refractivity contribution >= 4 is 17.3 Å². The van der Waals surface area contributed by atoms with Gasteiger partial charge in [-0.05, 0) is 24.6 Å². The first-order valence-corrected chi connectivity index (χ1v) is 6.58. The Balaban J connectivity index is 0.000000829. The van der Waals surface area contributed by atoms with Gasteiger partial charge in [-0.25, -0.2) is 0 Å². The number of aliphatic hydroxyl groups is 1.